The van der Waals surface area contributed by atoms with E-state index in [0.29, 0.717) is 18.2 Å². The maximum Gasteiger partial charge on any atom is 0.356 e. The number of hydrogen-bond donors (Lipinski definition) is 1. The van der Waals surface area contributed by atoms with Crippen LogP contribution in [0.3, 0.4) is 0 Å². The summed E-state index contributed by atoms with van der Waals surface area (Å²) in [6.45, 7) is 3.85. The van der Waals surface area contributed by atoms with Crippen LogP contribution in [0.25, 0.3) is 5.69 Å². The Morgan fingerprint density at radius 1 is 1.43 bits per heavy atom. The van der Waals surface area contributed by atoms with Crippen LogP contribution in [0.15, 0.2) is 18.2 Å². The van der Waals surface area contributed by atoms with Crippen molar-refractivity contribution in [3.05, 3.63) is 46.2 Å². The molecule has 0 bridgehead atoms. The van der Waals surface area contributed by atoms with Gasteiger partial charge in [-0.25, -0.2) is 18.3 Å². The highest BCUT2D eigenvalue weighted by Gasteiger charge is 2.24. The van der Waals surface area contributed by atoms with Crippen molar-refractivity contribution in [2.24, 2.45) is 5.92 Å². The summed E-state index contributed by atoms with van der Waals surface area (Å²) >= 11 is 6.04. The zero-order chi connectivity index (χ0) is 15.7. The van der Waals surface area contributed by atoms with Gasteiger partial charge in [0.05, 0.1) is 10.7 Å². The van der Waals surface area contributed by atoms with Gasteiger partial charge < -0.3 is 5.11 Å². The van der Waals surface area contributed by atoms with E-state index in [-0.39, 0.29) is 22.3 Å². The lowest BCUT2D eigenvalue weighted by Gasteiger charge is -2.06. The molecule has 0 radical (unpaired) electrons. The first-order valence-corrected chi connectivity index (χ1v) is 6.65. The van der Waals surface area contributed by atoms with Gasteiger partial charge in [-0.15, -0.1) is 0 Å². The highest BCUT2D eigenvalue weighted by molar-refractivity contribution is 6.34. The second kappa shape index (κ2) is 5.81. The highest BCUT2D eigenvalue weighted by Crippen LogP contribution is 2.27. The monoisotopic (exact) mass is 314 g/mol. The van der Waals surface area contributed by atoms with E-state index in [4.69, 9.17) is 11.6 Å². The Hall–Kier alpha value is -1.95. The van der Waals surface area contributed by atoms with Gasteiger partial charge in [-0.2, -0.15) is 5.10 Å². The van der Waals surface area contributed by atoms with Crippen molar-refractivity contribution in [2.75, 3.05) is 0 Å². The minimum atomic E-state index is -1.33. The second-order valence-corrected chi connectivity index (χ2v) is 5.40. The number of carbonyl (C=O) groups is 1. The average molecular weight is 315 g/mol. The van der Waals surface area contributed by atoms with Gasteiger partial charge in [0.1, 0.15) is 11.5 Å². The predicted molar refractivity (Wildman–Crippen MR) is 74.0 cm³/mol. The Morgan fingerprint density at radius 2 is 2.10 bits per heavy atom. The SMILES string of the molecule is CC(C)Cc1nn(-c2ccc(F)cc2F)c(C(=O)O)c1Cl. The number of carboxylic acid groups (broad SMARTS) is 1. The van der Waals surface area contributed by atoms with E-state index >= 15 is 0 Å². The van der Waals surface area contributed by atoms with Crippen molar-refractivity contribution in [3.63, 3.8) is 0 Å². The molecule has 0 aliphatic heterocycles. The van der Waals surface area contributed by atoms with Crippen molar-refractivity contribution < 1.29 is 18.7 Å². The molecule has 0 fully saturated rings. The molecule has 7 heteroatoms. The molecule has 0 spiro atoms. The van der Waals surface area contributed by atoms with Gasteiger partial charge in [0.15, 0.2) is 11.5 Å². The van der Waals surface area contributed by atoms with Crippen molar-refractivity contribution >= 4 is 17.6 Å². The number of rotatable bonds is 4. The van der Waals surface area contributed by atoms with Crippen LogP contribution in [0.2, 0.25) is 5.02 Å². The molecule has 112 valence electrons. The molecule has 0 unspecified atom stereocenters. The number of hydrogen-bond acceptors (Lipinski definition) is 2. The lowest BCUT2D eigenvalue weighted by molar-refractivity contribution is 0.0687. The van der Waals surface area contributed by atoms with Gasteiger partial charge in [-0.3, -0.25) is 0 Å². The Morgan fingerprint density at radius 3 is 2.62 bits per heavy atom. The number of nitrogens with zero attached hydrogens (tertiary/aromatic N) is 2. The van der Waals surface area contributed by atoms with Crippen molar-refractivity contribution in [2.45, 2.75) is 20.3 Å². The van der Waals surface area contributed by atoms with E-state index < -0.39 is 17.6 Å². The molecule has 0 saturated carbocycles. The number of aromatic carboxylic acids is 1. The Bertz CT molecular complexity index is 699. The van der Waals surface area contributed by atoms with Gasteiger partial charge in [-0.1, -0.05) is 25.4 Å². The molecule has 21 heavy (non-hydrogen) atoms. The maximum atomic E-state index is 13.8. The third-order valence-corrected chi connectivity index (χ3v) is 3.23. The molecule has 1 heterocycles. The molecule has 0 saturated heterocycles. The summed E-state index contributed by atoms with van der Waals surface area (Å²) in [6, 6.07) is 2.82. The number of aromatic nitrogens is 2. The molecule has 1 N–H and O–H groups in total. The molecular weight excluding hydrogens is 302 g/mol. The molecule has 1 aromatic carbocycles. The summed E-state index contributed by atoms with van der Waals surface area (Å²) < 4.78 is 27.7. The first-order chi connectivity index (χ1) is 9.81. The van der Waals surface area contributed by atoms with Crippen LogP contribution in [-0.4, -0.2) is 20.9 Å². The minimum Gasteiger partial charge on any atom is -0.476 e. The molecule has 1 aromatic heterocycles. The van der Waals surface area contributed by atoms with Gasteiger partial charge in [-0.05, 0) is 24.5 Å². The summed E-state index contributed by atoms with van der Waals surface area (Å²) in [4.78, 5) is 11.4. The molecule has 2 rings (SSSR count). The highest BCUT2D eigenvalue weighted by atomic mass is 35.5. The smallest absolute Gasteiger partial charge is 0.356 e. The van der Waals surface area contributed by atoms with Gasteiger partial charge >= 0.3 is 5.97 Å². The first kappa shape index (κ1) is 15.4. The predicted octanol–water partition coefficient (Wildman–Crippen LogP) is 3.70. The Labute approximate surface area is 125 Å². The van der Waals surface area contributed by atoms with Crippen molar-refractivity contribution in [3.8, 4) is 5.69 Å². The van der Waals surface area contributed by atoms with Crippen LogP contribution in [0.4, 0.5) is 8.78 Å². The van der Waals surface area contributed by atoms with Crippen LogP contribution in [0, 0.1) is 17.6 Å². The van der Waals surface area contributed by atoms with E-state index in [2.05, 4.69) is 5.10 Å². The largest absolute Gasteiger partial charge is 0.476 e. The molecule has 2 aromatic rings. The summed E-state index contributed by atoms with van der Waals surface area (Å²) in [5.41, 5.74) is -0.128. The third-order valence-electron chi connectivity index (χ3n) is 2.84. The van der Waals surface area contributed by atoms with Gasteiger partial charge in [0, 0.05) is 6.07 Å². The minimum absolute atomic E-state index is 0.0278. The quantitative estimate of drug-likeness (QED) is 0.936. The standard InChI is InChI=1S/C14H13ClF2N2O2/c1-7(2)5-10-12(15)13(14(20)21)19(18-10)11-4-3-8(16)6-9(11)17/h3-4,6-7H,5H2,1-2H3,(H,20,21). The summed E-state index contributed by atoms with van der Waals surface area (Å²) in [5.74, 6) is -2.79. The fourth-order valence-electron chi connectivity index (χ4n) is 1.97. The van der Waals surface area contributed by atoms with Gasteiger partial charge in [0.2, 0.25) is 0 Å². The average Bonchev–Trinajstić information content (AvgIpc) is 2.65. The summed E-state index contributed by atoms with van der Waals surface area (Å²) in [5, 5.41) is 13.3. The van der Waals surface area contributed by atoms with E-state index in [9.17, 15) is 18.7 Å². The summed E-state index contributed by atoms with van der Waals surface area (Å²) in [6.07, 6.45) is 0.453. The number of carboxylic acids is 1. The summed E-state index contributed by atoms with van der Waals surface area (Å²) in [7, 11) is 0. The lowest BCUT2D eigenvalue weighted by atomic mass is 10.1. The van der Waals surface area contributed by atoms with Crippen LogP contribution >= 0.6 is 11.6 Å². The van der Waals surface area contributed by atoms with E-state index in [1.165, 1.54) is 0 Å². The Balaban J connectivity index is 2.64. The normalized spacial score (nSPS) is 11.1. The molecule has 0 amide bonds. The van der Waals surface area contributed by atoms with Crippen molar-refractivity contribution in [1.82, 2.24) is 9.78 Å². The van der Waals surface area contributed by atoms with Crippen LogP contribution in [-0.2, 0) is 6.42 Å². The molecule has 4 nitrogen and oxygen atoms in total. The van der Waals surface area contributed by atoms with E-state index in [1.54, 1.807) is 0 Å². The first-order valence-electron chi connectivity index (χ1n) is 6.27. The zero-order valence-electron chi connectivity index (χ0n) is 11.4. The molecule has 0 aliphatic rings. The van der Waals surface area contributed by atoms with Crippen LogP contribution < -0.4 is 0 Å². The zero-order valence-corrected chi connectivity index (χ0v) is 12.2. The molecular formula is C14H13ClF2N2O2. The number of halogens is 3. The van der Waals surface area contributed by atoms with Crippen LogP contribution in [0.1, 0.15) is 30.0 Å². The topological polar surface area (TPSA) is 55.1 Å². The lowest BCUT2D eigenvalue weighted by Crippen LogP contribution is -2.10. The van der Waals surface area contributed by atoms with E-state index in [1.807, 2.05) is 13.8 Å². The van der Waals surface area contributed by atoms with Crippen molar-refractivity contribution in [1.29, 1.82) is 0 Å². The fourth-order valence-corrected chi connectivity index (χ4v) is 2.25. The van der Waals surface area contributed by atoms with Gasteiger partial charge in [0.25, 0.3) is 0 Å². The maximum absolute atomic E-state index is 13.8. The van der Waals surface area contributed by atoms with Crippen LogP contribution in [0.5, 0.6) is 0 Å². The molecule has 0 aliphatic carbocycles. The fraction of sp³-hybridized carbons (Fsp3) is 0.286. The second-order valence-electron chi connectivity index (χ2n) is 5.02. The third kappa shape index (κ3) is 3.05. The van der Waals surface area contributed by atoms with E-state index in [0.717, 1.165) is 16.8 Å². The molecule has 0 atom stereocenters. The Kier molecular flexibility index (Phi) is 4.27. The number of benzene rings is 1.